The molecule has 27 heavy (non-hydrogen) atoms. The second-order valence-corrected chi connectivity index (χ2v) is 8.12. The molecule has 2 heterocycles. The Bertz CT molecular complexity index is 559. The number of carboxylic acids is 1. The third kappa shape index (κ3) is 5.13. The molecule has 2 atom stereocenters. The topological polar surface area (TPSA) is 89.9 Å². The van der Waals surface area contributed by atoms with E-state index < -0.39 is 11.4 Å². The van der Waals surface area contributed by atoms with Crippen molar-refractivity contribution in [2.24, 2.45) is 11.3 Å². The van der Waals surface area contributed by atoms with Gasteiger partial charge in [0.1, 0.15) is 0 Å². The lowest BCUT2D eigenvalue weighted by Gasteiger charge is -2.23. The summed E-state index contributed by atoms with van der Waals surface area (Å²) in [6.45, 7) is 3.56. The number of amides is 2. The van der Waals surface area contributed by atoms with Crippen LogP contribution in [0.15, 0.2) is 0 Å². The predicted molar refractivity (Wildman–Crippen MR) is 104 cm³/mol. The molecule has 154 valence electrons. The highest BCUT2D eigenvalue weighted by Crippen LogP contribution is 2.48. The maximum atomic E-state index is 12.2. The minimum Gasteiger partial charge on any atom is -0.481 e. The zero-order valence-electron chi connectivity index (χ0n) is 16.0. The van der Waals surface area contributed by atoms with Crippen LogP contribution in [0.2, 0.25) is 0 Å². The lowest BCUT2D eigenvalue weighted by Crippen LogP contribution is -2.40. The minimum atomic E-state index is -0.704. The van der Waals surface area contributed by atoms with E-state index in [2.05, 4.69) is 5.32 Å². The summed E-state index contributed by atoms with van der Waals surface area (Å²) >= 11 is 0. The van der Waals surface area contributed by atoms with Crippen LogP contribution in [0.1, 0.15) is 51.4 Å². The van der Waals surface area contributed by atoms with E-state index in [1.54, 1.807) is 0 Å². The van der Waals surface area contributed by atoms with E-state index in [1.807, 2.05) is 9.80 Å². The van der Waals surface area contributed by atoms with E-state index in [1.165, 1.54) is 0 Å². The van der Waals surface area contributed by atoms with E-state index in [0.717, 1.165) is 51.5 Å². The number of fused-ring (bicyclic) bond motifs is 1. The maximum Gasteiger partial charge on any atom is 0.311 e. The Morgan fingerprint density at radius 3 is 2.78 bits per heavy atom. The molecule has 0 radical (unpaired) electrons. The highest BCUT2D eigenvalue weighted by Gasteiger charge is 2.54. The smallest absolute Gasteiger partial charge is 0.311 e. The molecule has 0 aromatic heterocycles. The number of rotatable bonds is 7. The second kappa shape index (κ2) is 9.73. The molecule has 7 nitrogen and oxygen atoms in total. The van der Waals surface area contributed by atoms with Crippen LogP contribution in [0.25, 0.3) is 0 Å². The molecule has 2 saturated heterocycles. The molecule has 0 unspecified atom stereocenters. The molecule has 2 amide bonds. The fraction of sp³-hybridized carbons (Fsp3) is 0.842. The first kappa shape index (κ1) is 22.0. The molecule has 3 rings (SSSR count). The fourth-order valence-electron chi connectivity index (χ4n) is 4.90. The molecule has 0 aromatic rings. The van der Waals surface area contributed by atoms with Gasteiger partial charge in [0.05, 0.1) is 12.0 Å². The minimum absolute atomic E-state index is 0. The molecule has 2 N–H and O–H groups in total. The van der Waals surface area contributed by atoms with Gasteiger partial charge in [-0.15, -0.1) is 12.4 Å². The first-order chi connectivity index (χ1) is 12.5. The zero-order valence-corrected chi connectivity index (χ0v) is 16.8. The van der Waals surface area contributed by atoms with Crippen molar-refractivity contribution in [3.8, 4) is 0 Å². The number of hydrogen-bond donors (Lipinski definition) is 2. The predicted octanol–water partition coefficient (Wildman–Crippen LogP) is 1.50. The van der Waals surface area contributed by atoms with Gasteiger partial charge in [-0.2, -0.15) is 0 Å². The number of aliphatic carboxylic acids is 1. The second-order valence-electron chi connectivity index (χ2n) is 8.12. The molecule has 2 aliphatic heterocycles. The number of likely N-dealkylation sites (tertiary alicyclic amines) is 2. The monoisotopic (exact) mass is 401 g/mol. The largest absolute Gasteiger partial charge is 0.481 e. The van der Waals surface area contributed by atoms with Crippen LogP contribution in [-0.2, 0) is 14.4 Å². The summed E-state index contributed by atoms with van der Waals surface area (Å²) in [6.07, 6.45) is 7.25. The highest BCUT2D eigenvalue weighted by molar-refractivity contribution is 5.85. The number of nitrogens with one attached hydrogen (secondary N) is 1. The van der Waals surface area contributed by atoms with Gasteiger partial charge in [0.15, 0.2) is 0 Å². The highest BCUT2D eigenvalue weighted by atomic mass is 35.5. The number of nitrogens with zero attached hydrogens (tertiary/aromatic N) is 2. The Morgan fingerprint density at radius 1 is 1.22 bits per heavy atom. The van der Waals surface area contributed by atoms with E-state index in [-0.39, 0.29) is 36.7 Å². The summed E-state index contributed by atoms with van der Waals surface area (Å²) in [4.78, 5) is 39.7. The summed E-state index contributed by atoms with van der Waals surface area (Å²) in [6, 6.07) is 0. The van der Waals surface area contributed by atoms with Crippen molar-refractivity contribution in [1.82, 2.24) is 15.1 Å². The normalized spacial score (nSPS) is 28.4. The first-order valence-corrected chi connectivity index (χ1v) is 10.0. The van der Waals surface area contributed by atoms with Gasteiger partial charge in [-0.3, -0.25) is 19.3 Å². The van der Waals surface area contributed by atoms with Crippen molar-refractivity contribution in [2.75, 3.05) is 39.3 Å². The van der Waals surface area contributed by atoms with Gasteiger partial charge in [0.25, 0.3) is 0 Å². The van der Waals surface area contributed by atoms with Crippen molar-refractivity contribution in [3.05, 3.63) is 0 Å². The molecule has 0 bridgehead atoms. The van der Waals surface area contributed by atoms with Crippen LogP contribution in [0.4, 0.5) is 0 Å². The Kier molecular flexibility index (Phi) is 7.91. The standard InChI is InChI=1S/C19H31N3O4.ClH/c23-16(20-9-5-11-22-10-3-1-2-7-17(22)24)13-21-12-15-6-4-8-19(15,14-21)18(25)26;/h15H,1-14H2,(H,20,23)(H,25,26);1H/t15-,19+;/m0./s1. The van der Waals surface area contributed by atoms with E-state index >= 15 is 0 Å². The molecule has 3 aliphatic rings. The number of halogens is 1. The number of carbonyl (C=O) groups is 3. The maximum absolute atomic E-state index is 12.2. The van der Waals surface area contributed by atoms with Gasteiger partial charge in [-0.25, -0.2) is 0 Å². The quantitative estimate of drug-likeness (QED) is 0.631. The average Bonchev–Trinajstić information content (AvgIpc) is 3.06. The summed E-state index contributed by atoms with van der Waals surface area (Å²) in [5, 5.41) is 12.5. The van der Waals surface area contributed by atoms with Crippen LogP contribution in [-0.4, -0.2) is 72.0 Å². The number of hydrogen-bond acceptors (Lipinski definition) is 4. The van der Waals surface area contributed by atoms with Gasteiger partial charge in [0.2, 0.25) is 11.8 Å². The van der Waals surface area contributed by atoms with Gasteiger partial charge in [0, 0.05) is 39.1 Å². The Balaban J connectivity index is 0.00000261. The van der Waals surface area contributed by atoms with Gasteiger partial charge in [-0.05, 0) is 38.0 Å². The Morgan fingerprint density at radius 2 is 2.04 bits per heavy atom. The molecule has 0 aromatic carbocycles. The van der Waals surface area contributed by atoms with Crippen molar-refractivity contribution in [2.45, 2.75) is 51.4 Å². The van der Waals surface area contributed by atoms with Gasteiger partial charge < -0.3 is 15.3 Å². The Hall–Kier alpha value is -1.34. The summed E-state index contributed by atoms with van der Waals surface area (Å²) in [5.41, 5.74) is -0.632. The van der Waals surface area contributed by atoms with Crippen LogP contribution in [0, 0.1) is 11.3 Å². The van der Waals surface area contributed by atoms with Crippen LogP contribution in [0.3, 0.4) is 0 Å². The fourth-order valence-corrected chi connectivity index (χ4v) is 4.90. The molecule has 3 fully saturated rings. The van der Waals surface area contributed by atoms with E-state index in [4.69, 9.17) is 0 Å². The van der Waals surface area contributed by atoms with Gasteiger partial charge in [-0.1, -0.05) is 12.8 Å². The molecule has 0 spiro atoms. The summed E-state index contributed by atoms with van der Waals surface area (Å²) < 4.78 is 0. The van der Waals surface area contributed by atoms with Crippen molar-refractivity contribution in [1.29, 1.82) is 0 Å². The zero-order chi connectivity index (χ0) is 18.6. The number of carboxylic acid groups (broad SMARTS) is 1. The third-order valence-corrected chi connectivity index (χ3v) is 6.33. The summed E-state index contributed by atoms with van der Waals surface area (Å²) in [7, 11) is 0. The molecule has 1 saturated carbocycles. The van der Waals surface area contributed by atoms with Gasteiger partial charge >= 0.3 is 5.97 Å². The third-order valence-electron chi connectivity index (χ3n) is 6.33. The van der Waals surface area contributed by atoms with Crippen LogP contribution < -0.4 is 5.32 Å². The van der Waals surface area contributed by atoms with Crippen molar-refractivity contribution >= 4 is 30.2 Å². The lowest BCUT2D eigenvalue weighted by molar-refractivity contribution is -0.149. The number of carbonyl (C=O) groups excluding carboxylic acids is 2. The van der Waals surface area contributed by atoms with Crippen molar-refractivity contribution < 1.29 is 19.5 Å². The molecular weight excluding hydrogens is 370 g/mol. The van der Waals surface area contributed by atoms with E-state index in [9.17, 15) is 19.5 Å². The molecular formula is C19H32ClN3O4. The SMILES string of the molecule is Cl.O=C(CN1C[C@@H]2CCC[C@@]2(C(=O)O)C1)NCCCN1CCCCCC1=O. The van der Waals surface area contributed by atoms with Crippen molar-refractivity contribution in [3.63, 3.8) is 0 Å². The van der Waals surface area contributed by atoms with Crippen LogP contribution >= 0.6 is 12.4 Å². The first-order valence-electron chi connectivity index (χ1n) is 10.0. The van der Waals surface area contributed by atoms with Crippen LogP contribution in [0.5, 0.6) is 0 Å². The van der Waals surface area contributed by atoms with E-state index in [0.29, 0.717) is 32.6 Å². The average molecular weight is 402 g/mol. The molecule has 8 heteroatoms. The lowest BCUT2D eigenvalue weighted by atomic mass is 9.81. The summed E-state index contributed by atoms with van der Waals surface area (Å²) in [5.74, 6) is -0.337. The molecule has 1 aliphatic carbocycles. The Labute approximate surface area is 167 Å².